The Bertz CT molecular complexity index is 929. The summed E-state index contributed by atoms with van der Waals surface area (Å²) in [5.41, 5.74) is 0.686. The average molecular weight is 413 g/mol. The molecule has 28 heavy (non-hydrogen) atoms. The minimum atomic E-state index is -4.48. The Morgan fingerprint density at radius 2 is 2.14 bits per heavy atom. The molecule has 3 rings (SSSR count). The van der Waals surface area contributed by atoms with E-state index in [0.29, 0.717) is 29.5 Å². The summed E-state index contributed by atoms with van der Waals surface area (Å²) in [5.74, 6) is -0.304. The van der Waals surface area contributed by atoms with Gasteiger partial charge in [0.2, 0.25) is 5.91 Å². The Labute approximate surface area is 163 Å². The number of rotatable bonds is 3. The van der Waals surface area contributed by atoms with E-state index in [1.54, 1.807) is 0 Å². The van der Waals surface area contributed by atoms with Gasteiger partial charge in [-0.25, -0.2) is 4.98 Å². The van der Waals surface area contributed by atoms with Crippen LogP contribution in [0.4, 0.5) is 19.0 Å². The molecule has 1 aromatic heterocycles. The monoisotopic (exact) mass is 412 g/mol. The molecule has 0 fully saturated rings. The van der Waals surface area contributed by atoms with Crippen LogP contribution in [0.5, 0.6) is 5.75 Å². The van der Waals surface area contributed by atoms with Crippen LogP contribution in [0.25, 0.3) is 5.57 Å². The van der Waals surface area contributed by atoms with Gasteiger partial charge in [0.05, 0.1) is 23.8 Å². The lowest BCUT2D eigenvalue weighted by atomic mass is 9.99. The number of pyridine rings is 1. The number of halogens is 4. The molecule has 1 aromatic carbocycles. The zero-order valence-electron chi connectivity index (χ0n) is 14.5. The van der Waals surface area contributed by atoms with E-state index in [-0.39, 0.29) is 29.8 Å². The second kappa shape index (κ2) is 8.20. The van der Waals surface area contributed by atoms with Crippen molar-refractivity contribution in [1.82, 2.24) is 4.98 Å². The number of amides is 1. The van der Waals surface area contributed by atoms with E-state index in [1.807, 2.05) is 0 Å². The van der Waals surface area contributed by atoms with Gasteiger partial charge in [-0.1, -0.05) is 17.7 Å². The van der Waals surface area contributed by atoms with E-state index >= 15 is 0 Å². The molecule has 148 valence electrons. The molecule has 5 nitrogen and oxygen atoms in total. The lowest BCUT2D eigenvalue weighted by Crippen LogP contribution is -2.11. The molecule has 0 saturated carbocycles. The fraction of sp³-hybridized carbons (Fsp3) is 0.263. The van der Waals surface area contributed by atoms with Crippen LogP contribution in [0.1, 0.15) is 29.5 Å². The van der Waals surface area contributed by atoms with Crippen LogP contribution in [0, 0.1) is 0 Å². The number of nitrogens with zero attached hydrogens (tertiary/aromatic N) is 1. The highest BCUT2D eigenvalue weighted by Gasteiger charge is 2.32. The number of carbonyl (C=O) groups excluding carboxylic acids is 1. The Hall–Kier alpha value is -2.58. The van der Waals surface area contributed by atoms with Crippen molar-refractivity contribution in [2.24, 2.45) is 0 Å². The van der Waals surface area contributed by atoms with Gasteiger partial charge in [0.15, 0.2) is 5.82 Å². The quantitative estimate of drug-likeness (QED) is 0.731. The molecule has 2 heterocycles. The molecule has 0 saturated heterocycles. The van der Waals surface area contributed by atoms with Crippen molar-refractivity contribution in [3.05, 3.63) is 58.3 Å². The summed E-state index contributed by atoms with van der Waals surface area (Å²) in [6, 6.07) is 4.69. The molecular weight excluding hydrogens is 397 g/mol. The summed E-state index contributed by atoms with van der Waals surface area (Å²) in [4.78, 5) is 16.4. The third-order valence-corrected chi connectivity index (χ3v) is 4.42. The number of allylic oxidation sites excluding steroid dienone is 1. The maximum atomic E-state index is 12.9. The molecule has 1 aliphatic rings. The van der Waals surface area contributed by atoms with E-state index in [2.05, 4.69) is 10.3 Å². The van der Waals surface area contributed by atoms with E-state index in [1.165, 1.54) is 24.4 Å². The van der Waals surface area contributed by atoms with Gasteiger partial charge in [0.25, 0.3) is 0 Å². The van der Waals surface area contributed by atoms with Gasteiger partial charge in [-0.15, -0.1) is 0 Å². The van der Waals surface area contributed by atoms with Crippen molar-refractivity contribution in [1.29, 1.82) is 0 Å². The van der Waals surface area contributed by atoms with E-state index < -0.39 is 17.6 Å². The Kier molecular flexibility index (Phi) is 5.90. The maximum absolute atomic E-state index is 12.9. The van der Waals surface area contributed by atoms with Gasteiger partial charge in [-0.2, -0.15) is 13.2 Å². The first-order valence-electron chi connectivity index (χ1n) is 8.39. The van der Waals surface area contributed by atoms with Gasteiger partial charge in [0, 0.05) is 17.8 Å². The molecule has 9 heteroatoms. The van der Waals surface area contributed by atoms with Crippen molar-refractivity contribution in [2.75, 3.05) is 11.9 Å². The third kappa shape index (κ3) is 4.63. The lowest BCUT2D eigenvalue weighted by molar-refractivity contribution is -0.137. The molecule has 2 N–H and O–H groups in total. The van der Waals surface area contributed by atoms with E-state index in [9.17, 15) is 18.0 Å². The van der Waals surface area contributed by atoms with Crippen LogP contribution < -0.4 is 10.1 Å². The molecule has 2 aromatic rings. The minimum absolute atomic E-state index is 0.0924. The predicted octanol–water partition coefficient (Wildman–Crippen LogP) is 4.44. The summed E-state index contributed by atoms with van der Waals surface area (Å²) in [7, 11) is 0. The van der Waals surface area contributed by atoms with Gasteiger partial charge >= 0.3 is 6.18 Å². The third-order valence-electron chi connectivity index (χ3n) is 4.13. The number of fused-ring (bicyclic) bond motifs is 1. The summed E-state index contributed by atoms with van der Waals surface area (Å²) in [6.07, 6.45) is -0.772. The number of alkyl halides is 3. The van der Waals surface area contributed by atoms with Crippen molar-refractivity contribution in [3.63, 3.8) is 0 Å². The highest BCUT2D eigenvalue weighted by molar-refractivity contribution is 6.33. The number of hydrogen-bond donors (Lipinski definition) is 2. The molecule has 1 aliphatic heterocycles. The van der Waals surface area contributed by atoms with Crippen molar-refractivity contribution in [2.45, 2.75) is 25.6 Å². The van der Waals surface area contributed by atoms with Crippen molar-refractivity contribution in [3.8, 4) is 5.75 Å². The number of ether oxygens (including phenoxy) is 1. The van der Waals surface area contributed by atoms with Crippen LogP contribution in [-0.4, -0.2) is 22.6 Å². The van der Waals surface area contributed by atoms with E-state index in [0.717, 1.165) is 12.1 Å². The number of nitrogens with one attached hydrogen (secondary N) is 1. The molecule has 0 spiro atoms. The summed E-state index contributed by atoms with van der Waals surface area (Å²) in [6.45, 7) is 0.0188. The maximum Gasteiger partial charge on any atom is 0.416 e. The van der Waals surface area contributed by atoms with E-state index in [4.69, 9.17) is 21.4 Å². The highest BCUT2D eigenvalue weighted by Crippen LogP contribution is 2.38. The van der Waals surface area contributed by atoms with Crippen LogP contribution in [0.3, 0.4) is 0 Å². The predicted molar refractivity (Wildman–Crippen MR) is 97.9 cm³/mol. The molecule has 0 bridgehead atoms. The number of carbonyl (C=O) groups is 1. The second-order valence-corrected chi connectivity index (χ2v) is 6.56. The average Bonchev–Trinajstić information content (AvgIpc) is 2.84. The minimum Gasteiger partial charge on any atom is -0.493 e. The Morgan fingerprint density at radius 1 is 1.36 bits per heavy atom. The zero-order valence-corrected chi connectivity index (χ0v) is 15.3. The van der Waals surface area contributed by atoms with Gasteiger partial charge in [-0.3, -0.25) is 4.79 Å². The number of aliphatic hydroxyl groups excluding tert-OH is 1. The molecule has 0 atom stereocenters. The first kappa shape index (κ1) is 20.2. The fourth-order valence-corrected chi connectivity index (χ4v) is 3.02. The van der Waals surface area contributed by atoms with Gasteiger partial charge in [0.1, 0.15) is 5.75 Å². The molecule has 0 radical (unpaired) electrons. The summed E-state index contributed by atoms with van der Waals surface area (Å²) in [5, 5.41) is 11.8. The topological polar surface area (TPSA) is 71.5 Å². The first-order valence-corrected chi connectivity index (χ1v) is 8.77. The van der Waals surface area contributed by atoms with Crippen LogP contribution >= 0.6 is 11.6 Å². The van der Waals surface area contributed by atoms with Gasteiger partial charge < -0.3 is 15.2 Å². The van der Waals surface area contributed by atoms with Crippen molar-refractivity contribution < 1.29 is 27.8 Å². The fourth-order valence-electron chi connectivity index (χ4n) is 2.78. The summed E-state index contributed by atoms with van der Waals surface area (Å²) < 4.78 is 44.2. The van der Waals surface area contributed by atoms with Crippen LogP contribution in [-0.2, 0) is 17.6 Å². The largest absolute Gasteiger partial charge is 0.493 e. The number of anilines is 1. The molecule has 0 aliphatic carbocycles. The van der Waals surface area contributed by atoms with Crippen molar-refractivity contribution >= 4 is 28.9 Å². The van der Waals surface area contributed by atoms with Crippen LogP contribution in [0.2, 0.25) is 5.02 Å². The first-order chi connectivity index (χ1) is 13.3. The number of aliphatic hydroxyl groups is 1. The highest BCUT2D eigenvalue weighted by atomic mass is 35.5. The Balaban J connectivity index is 1.87. The summed E-state index contributed by atoms with van der Waals surface area (Å²) >= 11 is 6.03. The standard InChI is InChI=1S/C19H16ClF3N2O3/c20-15-6-11(10-26)9-24-18(15)25-17(27)7-12-2-1-5-28-16-8-13(19(21,22)23)3-4-14(12)16/h3-4,6-9,26H,1-2,5,10H2,(H,24,25,27)/b12-7+. The Morgan fingerprint density at radius 3 is 2.82 bits per heavy atom. The smallest absolute Gasteiger partial charge is 0.416 e. The van der Waals surface area contributed by atoms with Crippen LogP contribution in [0.15, 0.2) is 36.5 Å². The number of aromatic nitrogens is 1. The number of benzene rings is 1. The normalized spacial score (nSPS) is 15.5. The number of hydrogen-bond acceptors (Lipinski definition) is 4. The molecule has 0 unspecified atom stereocenters. The molecular formula is C19H16ClF3N2O3. The SMILES string of the molecule is O=C(/C=C1\CCCOc2cc(C(F)(F)F)ccc21)Nc1ncc(CO)cc1Cl. The van der Waals surface area contributed by atoms with Gasteiger partial charge in [-0.05, 0) is 42.2 Å². The second-order valence-electron chi connectivity index (χ2n) is 6.15. The zero-order chi connectivity index (χ0) is 20.3. The lowest BCUT2D eigenvalue weighted by Gasteiger charge is -2.13. The molecule has 1 amide bonds.